The summed E-state index contributed by atoms with van der Waals surface area (Å²) in [6.45, 7) is 13.5. The van der Waals surface area contributed by atoms with Crippen LogP contribution in [0.3, 0.4) is 0 Å². The third kappa shape index (κ3) is 8.43. The fourth-order valence-electron chi connectivity index (χ4n) is 5.51. The van der Waals surface area contributed by atoms with E-state index in [1.807, 2.05) is 56.4 Å². The zero-order valence-corrected chi connectivity index (χ0v) is 27.2. The molecule has 0 amide bonds. The minimum Gasteiger partial charge on any atom is -0.466 e. The van der Waals surface area contributed by atoms with E-state index >= 15 is 0 Å². The molecular formula is C30H42N3O8S2+. The fourth-order valence-corrected chi connectivity index (χ4v) is 6.40. The predicted octanol–water partition coefficient (Wildman–Crippen LogP) is 5.83. The van der Waals surface area contributed by atoms with Gasteiger partial charge in [0.2, 0.25) is 5.69 Å². The maximum Gasteiger partial charge on any atom is 0.305 e. The molecule has 0 bridgehead atoms. The zero-order valence-electron chi connectivity index (χ0n) is 25.6. The number of nitrogens with zero attached hydrogens (tertiary/aromatic N) is 3. The van der Waals surface area contributed by atoms with Crippen molar-refractivity contribution in [1.29, 1.82) is 0 Å². The van der Waals surface area contributed by atoms with Crippen molar-refractivity contribution >= 4 is 45.2 Å². The minimum atomic E-state index is -4.09. The van der Waals surface area contributed by atoms with Gasteiger partial charge >= 0.3 is 5.97 Å². The minimum absolute atomic E-state index is 0.199. The van der Waals surface area contributed by atoms with Crippen molar-refractivity contribution in [1.82, 2.24) is 5.01 Å². The molecule has 1 aromatic carbocycles. The van der Waals surface area contributed by atoms with E-state index in [1.54, 1.807) is 11.9 Å². The topological polar surface area (TPSA) is 138 Å². The van der Waals surface area contributed by atoms with E-state index in [0.29, 0.717) is 19.6 Å². The smallest absolute Gasteiger partial charge is 0.305 e. The summed E-state index contributed by atoms with van der Waals surface area (Å²) in [5.74, 6) is -0.645. The molecule has 43 heavy (non-hydrogen) atoms. The van der Waals surface area contributed by atoms with Crippen LogP contribution >= 0.6 is 12.0 Å². The first-order chi connectivity index (χ1) is 20.3. The standard InChI is InChI=1S/C30H41N3O8S2/c1-7-32-25-16-15-23(42-41-40-35)21-24(25)29(4,5)26(32)13-10-9-11-14-27-30(6,18-17-28(34)39-8-2)22(3)31-33(27)19-12-20-43(36,37)38/h9-11,13-16,21H,7-8,12,17-20H2,1-6H3,(H-,35,36,37,38)/p+1. The zero-order chi connectivity index (χ0) is 31.8. The van der Waals surface area contributed by atoms with E-state index in [9.17, 15) is 17.8 Å². The van der Waals surface area contributed by atoms with Gasteiger partial charge in [-0.1, -0.05) is 23.3 Å². The monoisotopic (exact) mass is 636 g/mol. The summed E-state index contributed by atoms with van der Waals surface area (Å²) in [5, 5.41) is 18.7. The second-order valence-electron chi connectivity index (χ2n) is 11.0. The molecule has 0 aliphatic carbocycles. The van der Waals surface area contributed by atoms with Crippen LogP contribution in [0.25, 0.3) is 0 Å². The number of hydrazone groups is 1. The molecule has 13 heteroatoms. The number of carbonyl (C=O) groups excluding carboxylic acids is 1. The Morgan fingerprint density at radius 2 is 1.93 bits per heavy atom. The first kappa shape index (κ1) is 34.7. The maximum absolute atomic E-state index is 12.2. The molecule has 2 heterocycles. The van der Waals surface area contributed by atoms with Gasteiger partial charge in [-0.05, 0) is 72.6 Å². The van der Waals surface area contributed by atoms with Gasteiger partial charge in [-0.15, -0.1) is 4.33 Å². The van der Waals surface area contributed by atoms with Gasteiger partial charge in [0.05, 0.1) is 29.8 Å². The van der Waals surface area contributed by atoms with E-state index < -0.39 is 15.5 Å². The van der Waals surface area contributed by atoms with Crippen LogP contribution in [-0.2, 0) is 34.4 Å². The van der Waals surface area contributed by atoms with Gasteiger partial charge in [0.15, 0.2) is 5.71 Å². The number of rotatable bonds is 15. The second kappa shape index (κ2) is 14.8. The van der Waals surface area contributed by atoms with Crippen molar-refractivity contribution in [3.63, 3.8) is 0 Å². The average Bonchev–Trinajstić information content (AvgIpc) is 3.30. The molecule has 236 valence electrons. The number of hydrogen-bond donors (Lipinski definition) is 2. The lowest BCUT2D eigenvalue weighted by Crippen LogP contribution is -2.29. The van der Waals surface area contributed by atoms with Crippen molar-refractivity contribution in [2.24, 2.45) is 10.5 Å². The molecule has 0 radical (unpaired) electrons. The lowest BCUT2D eigenvalue weighted by atomic mass is 9.78. The number of carbonyl (C=O) groups is 1. The highest BCUT2D eigenvalue weighted by Crippen LogP contribution is 2.43. The number of allylic oxidation sites excluding steroid dienone is 6. The highest BCUT2D eigenvalue weighted by molar-refractivity contribution is 7.94. The van der Waals surface area contributed by atoms with Gasteiger partial charge in [0.25, 0.3) is 10.1 Å². The van der Waals surface area contributed by atoms with E-state index in [2.05, 4.69) is 45.9 Å². The number of benzene rings is 1. The van der Waals surface area contributed by atoms with Crippen molar-refractivity contribution < 1.29 is 41.7 Å². The Bertz CT molecular complexity index is 1450. The normalized spacial score (nSPS) is 21.0. The third-order valence-corrected chi connectivity index (χ3v) is 9.27. The molecule has 2 aliphatic heterocycles. The molecule has 1 atom stereocenters. The average molecular weight is 637 g/mol. The van der Waals surface area contributed by atoms with Crippen LogP contribution < -0.4 is 0 Å². The van der Waals surface area contributed by atoms with Crippen LogP contribution in [0.5, 0.6) is 0 Å². The molecule has 0 saturated heterocycles. The summed E-state index contributed by atoms with van der Waals surface area (Å²) in [4.78, 5) is 13.0. The maximum atomic E-state index is 12.2. The molecule has 1 unspecified atom stereocenters. The summed E-state index contributed by atoms with van der Waals surface area (Å²) in [6.07, 6.45) is 10.7. The van der Waals surface area contributed by atoms with Crippen LogP contribution in [0.2, 0.25) is 0 Å². The van der Waals surface area contributed by atoms with Crippen LogP contribution in [-0.4, -0.2) is 70.7 Å². The van der Waals surface area contributed by atoms with Crippen molar-refractivity contribution in [2.45, 2.75) is 71.1 Å². The summed E-state index contributed by atoms with van der Waals surface area (Å²) >= 11 is 0.930. The summed E-state index contributed by atoms with van der Waals surface area (Å²) in [7, 11) is -4.09. The quantitative estimate of drug-likeness (QED) is 0.0460. The van der Waals surface area contributed by atoms with Gasteiger partial charge in [0.1, 0.15) is 6.54 Å². The summed E-state index contributed by atoms with van der Waals surface area (Å²) < 4.78 is 43.8. The van der Waals surface area contributed by atoms with Gasteiger partial charge in [-0.2, -0.15) is 18.1 Å². The Morgan fingerprint density at radius 3 is 2.58 bits per heavy atom. The Labute approximate surface area is 258 Å². The largest absolute Gasteiger partial charge is 0.466 e. The number of ether oxygens (including phenoxy) is 1. The van der Waals surface area contributed by atoms with Gasteiger partial charge in [0, 0.05) is 52.4 Å². The fraction of sp³-hybridized carbons (Fsp3) is 0.500. The molecule has 11 nitrogen and oxygen atoms in total. The molecule has 0 saturated carbocycles. The molecule has 1 aromatic rings. The summed E-state index contributed by atoms with van der Waals surface area (Å²) in [5.41, 5.74) is 4.15. The van der Waals surface area contributed by atoms with Crippen LogP contribution in [0.4, 0.5) is 5.69 Å². The Kier molecular flexibility index (Phi) is 11.9. The molecule has 0 aromatic heterocycles. The Morgan fingerprint density at radius 1 is 1.19 bits per heavy atom. The lowest BCUT2D eigenvalue weighted by Gasteiger charge is -2.29. The number of esters is 1. The molecule has 0 fully saturated rings. The highest BCUT2D eigenvalue weighted by atomic mass is 32.2. The van der Waals surface area contributed by atoms with E-state index in [-0.39, 0.29) is 30.0 Å². The first-order valence-corrected chi connectivity index (χ1v) is 16.6. The molecular weight excluding hydrogens is 594 g/mol. The predicted molar refractivity (Wildman–Crippen MR) is 167 cm³/mol. The molecule has 2 N–H and O–H groups in total. The van der Waals surface area contributed by atoms with Crippen LogP contribution in [0.1, 0.15) is 66.4 Å². The Balaban J connectivity index is 1.85. The highest BCUT2D eigenvalue weighted by Gasteiger charge is 2.44. The van der Waals surface area contributed by atoms with E-state index in [0.717, 1.165) is 51.9 Å². The third-order valence-electron chi connectivity index (χ3n) is 7.89. The number of hydrogen-bond acceptors (Lipinski definition) is 10. The van der Waals surface area contributed by atoms with Gasteiger partial charge in [-0.25, -0.2) is 5.26 Å². The van der Waals surface area contributed by atoms with E-state index in [4.69, 9.17) is 9.99 Å². The molecule has 0 spiro atoms. The van der Waals surface area contributed by atoms with Crippen LogP contribution in [0, 0.1) is 5.41 Å². The second-order valence-corrected chi connectivity index (χ2v) is 13.4. The van der Waals surface area contributed by atoms with E-state index in [1.165, 1.54) is 0 Å². The van der Waals surface area contributed by atoms with Crippen molar-refractivity contribution in [3.8, 4) is 0 Å². The summed E-state index contributed by atoms with van der Waals surface area (Å²) in [6, 6.07) is 5.96. The van der Waals surface area contributed by atoms with Gasteiger partial charge < -0.3 is 4.74 Å². The first-order valence-electron chi connectivity index (χ1n) is 14.2. The van der Waals surface area contributed by atoms with Gasteiger partial charge in [-0.3, -0.25) is 14.4 Å². The lowest BCUT2D eigenvalue weighted by molar-refractivity contribution is -0.433. The van der Waals surface area contributed by atoms with Crippen molar-refractivity contribution in [2.75, 3.05) is 25.4 Å². The van der Waals surface area contributed by atoms with Crippen molar-refractivity contribution in [3.05, 3.63) is 59.8 Å². The molecule has 3 rings (SSSR count). The van der Waals surface area contributed by atoms with Crippen LogP contribution in [0.15, 0.2) is 64.3 Å². The number of fused-ring (bicyclic) bond motifs is 1. The SMILES string of the molecule is CCOC(=O)CCC1(C)C(C)=NN(CCCS(=O)(=O)O)\C1=C/C=C/C=C/C1=[N+](CC)c2ccc(SOOO)cc2C1(C)C. The molecule has 2 aliphatic rings. The Hall–Kier alpha value is -2.81.